The summed E-state index contributed by atoms with van der Waals surface area (Å²) in [6.45, 7) is 2.33. The summed E-state index contributed by atoms with van der Waals surface area (Å²) in [7, 11) is 0. The summed E-state index contributed by atoms with van der Waals surface area (Å²) in [6.07, 6.45) is 4.63. The standard InChI is InChI=1S/C11H14N6OS/c18-10(2-5-17-6-4-13-16-17)15-11-14-8-1-3-12-7-9(8)19-11/h4,6,12H,1-3,5,7H2,(H,14,15,18). The lowest BCUT2D eigenvalue weighted by atomic mass is 10.2. The summed E-state index contributed by atoms with van der Waals surface area (Å²) in [5.41, 5.74) is 1.11. The van der Waals surface area contributed by atoms with E-state index in [-0.39, 0.29) is 5.91 Å². The highest BCUT2D eigenvalue weighted by Gasteiger charge is 2.15. The SMILES string of the molecule is O=C(CCn1ccnn1)Nc1nc2c(s1)CNCC2. The largest absolute Gasteiger partial charge is 0.311 e. The maximum atomic E-state index is 11.8. The Kier molecular flexibility index (Phi) is 3.51. The zero-order valence-electron chi connectivity index (χ0n) is 10.3. The minimum Gasteiger partial charge on any atom is -0.311 e. The van der Waals surface area contributed by atoms with E-state index in [0.29, 0.717) is 18.1 Å². The van der Waals surface area contributed by atoms with Gasteiger partial charge in [-0.1, -0.05) is 5.21 Å². The van der Waals surface area contributed by atoms with Crippen molar-refractivity contribution in [2.75, 3.05) is 11.9 Å². The molecule has 19 heavy (non-hydrogen) atoms. The predicted octanol–water partition coefficient (Wildman–Crippen LogP) is 0.409. The second-order valence-corrected chi connectivity index (χ2v) is 5.36. The van der Waals surface area contributed by atoms with Crippen LogP contribution in [-0.2, 0) is 24.3 Å². The van der Waals surface area contributed by atoms with Gasteiger partial charge in [-0.25, -0.2) is 4.98 Å². The van der Waals surface area contributed by atoms with Crippen molar-refractivity contribution in [1.29, 1.82) is 0 Å². The molecule has 0 spiro atoms. The van der Waals surface area contributed by atoms with E-state index in [1.54, 1.807) is 28.4 Å². The van der Waals surface area contributed by atoms with E-state index in [2.05, 4.69) is 25.9 Å². The second kappa shape index (κ2) is 5.45. The maximum Gasteiger partial charge on any atom is 0.228 e. The van der Waals surface area contributed by atoms with Crippen molar-refractivity contribution < 1.29 is 4.79 Å². The molecule has 0 bridgehead atoms. The number of nitrogens with zero attached hydrogens (tertiary/aromatic N) is 4. The number of amides is 1. The van der Waals surface area contributed by atoms with Gasteiger partial charge in [0.05, 0.1) is 18.4 Å². The summed E-state index contributed by atoms with van der Waals surface area (Å²) in [4.78, 5) is 17.5. The molecule has 1 amide bonds. The number of thiazole rings is 1. The molecule has 0 fully saturated rings. The fourth-order valence-corrected chi connectivity index (χ4v) is 2.92. The van der Waals surface area contributed by atoms with E-state index in [9.17, 15) is 4.79 Å². The van der Waals surface area contributed by atoms with Crippen LogP contribution in [-0.4, -0.2) is 32.4 Å². The number of rotatable bonds is 4. The minimum absolute atomic E-state index is 0.0467. The van der Waals surface area contributed by atoms with Crippen LogP contribution in [0.5, 0.6) is 0 Å². The number of carbonyl (C=O) groups excluding carboxylic acids is 1. The first-order chi connectivity index (χ1) is 9.31. The number of aromatic nitrogens is 4. The van der Waals surface area contributed by atoms with Crippen LogP contribution in [0.2, 0.25) is 0 Å². The molecule has 3 rings (SSSR count). The summed E-state index contributed by atoms with van der Waals surface area (Å²) < 4.78 is 1.64. The Morgan fingerprint density at radius 2 is 2.53 bits per heavy atom. The molecule has 2 N–H and O–H groups in total. The fourth-order valence-electron chi connectivity index (χ4n) is 1.93. The maximum absolute atomic E-state index is 11.8. The van der Waals surface area contributed by atoms with Gasteiger partial charge >= 0.3 is 0 Å². The van der Waals surface area contributed by atoms with Gasteiger partial charge in [-0.2, -0.15) is 0 Å². The van der Waals surface area contributed by atoms with Crippen LogP contribution in [0.1, 0.15) is 17.0 Å². The summed E-state index contributed by atoms with van der Waals surface area (Å²) in [5, 5.41) is 14.3. The van der Waals surface area contributed by atoms with E-state index in [1.165, 1.54) is 4.88 Å². The van der Waals surface area contributed by atoms with Crippen LogP contribution in [0.3, 0.4) is 0 Å². The Bertz CT molecular complexity index is 540. The molecule has 0 saturated carbocycles. The normalized spacial score (nSPS) is 14.1. The zero-order valence-corrected chi connectivity index (χ0v) is 11.1. The smallest absolute Gasteiger partial charge is 0.228 e. The van der Waals surface area contributed by atoms with Crippen molar-refractivity contribution in [3.8, 4) is 0 Å². The van der Waals surface area contributed by atoms with Gasteiger partial charge in [0.2, 0.25) is 5.91 Å². The topological polar surface area (TPSA) is 84.7 Å². The molecule has 0 unspecified atom stereocenters. The molecule has 0 aliphatic carbocycles. The molecule has 0 atom stereocenters. The van der Waals surface area contributed by atoms with Crippen molar-refractivity contribution >= 4 is 22.4 Å². The zero-order chi connectivity index (χ0) is 13.1. The molecule has 0 saturated heterocycles. The molecule has 1 aliphatic rings. The van der Waals surface area contributed by atoms with Crippen molar-refractivity contribution in [1.82, 2.24) is 25.3 Å². The van der Waals surface area contributed by atoms with Gasteiger partial charge in [0.1, 0.15) is 0 Å². The van der Waals surface area contributed by atoms with Gasteiger partial charge < -0.3 is 10.6 Å². The molecule has 0 radical (unpaired) electrons. The van der Waals surface area contributed by atoms with Gasteiger partial charge in [-0.3, -0.25) is 9.48 Å². The third kappa shape index (κ3) is 2.96. The highest BCUT2D eigenvalue weighted by Crippen LogP contribution is 2.25. The molecule has 0 aromatic carbocycles. The third-order valence-electron chi connectivity index (χ3n) is 2.89. The van der Waals surface area contributed by atoms with E-state index in [4.69, 9.17) is 0 Å². The lowest BCUT2D eigenvalue weighted by Gasteiger charge is -2.09. The van der Waals surface area contributed by atoms with Crippen LogP contribution in [0.15, 0.2) is 12.4 Å². The van der Waals surface area contributed by atoms with E-state index in [0.717, 1.165) is 25.2 Å². The monoisotopic (exact) mass is 278 g/mol. The third-order valence-corrected chi connectivity index (χ3v) is 3.90. The molecular weight excluding hydrogens is 264 g/mol. The first kappa shape index (κ1) is 12.2. The Morgan fingerprint density at radius 3 is 3.32 bits per heavy atom. The Hall–Kier alpha value is -1.80. The molecule has 100 valence electrons. The van der Waals surface area contributed by atoms with Crippen molar-refractivity contribution in [2.24, 2.45) is 0 Å². The average Bonchev–Trinajstić information content (AvgIpc) is 3.04. The lowest BCUT2D eigenvalue weighted by Crippen LogP contribution is -2.22. The summed E-state index contributed by atoms with van der Waals surface area (Å²) in [6, 6.07) is 0. The fraction of sp³-hybridized carbons (Fsp3) is 0.455. The van der Waals surface area contributed by atoms with E-state index in [1.807, 2.05) is 0 Å². The number of hydrogen-bond acceptors (Lipinski definition) is 6. The molecule has 2 aromatic heterocycles. The number of anilines is 1. The highest BCUT2D eigenvalue weighted by atomic mass is 32.1. The van der Waals surface area contributed by atoms with Crippen molar-refractivity contribution in [3.63, 3.8) is 0 Å². The quantitative estimate of drug-likeness (QED) is 0.846. The average molecular weight is 278 g/mol. The number of aryl methyl sites for hydroxylation is 1. The lowest BCUT2D eigenvalue weighted by molar-refractivity contribution is -0.116. The molecule has 7 nitrogen and oxygen atoms in total. The highest BCUT2D eigenvalue weighted by molar-refractivity contribution is 7.15. The van der Waals surface area contributed by atoms with Gasteiger partial charge in [0, 0.05) is 37.0 Å². The number of nitrogens with one attached hydrogen (secondary N) is 2. The number of hydrogen-bond donors (Lipinski definition) is 2. The Balaban J connectivity index is 1.55. The van der Waals surface area contributed by atoms with Crippen molar-refractivity contribution in [2.45, 2.75) is 25.9 Å². The van der Waals surface area contributed by atoms with Crippen LogP contribution < -0.4 is 10.6 Å². The number of fused-ring (bicyclic) bond motifs is 1. The van der Waals surface area contributed by atoms with Gasteiger partial charge in [0.25, 0.3) is 0 Å². The van der Waals surface area contributed by atoms with Gasteiger partial charge in [-0.15, -0.1) is 16.4 Å². The molecule has 8 heteroatoms. The first-order valence-electron chi connectivity index (χ1n) is 6.14. The minimum atomic E-state index is -0.0467. The van der Waals surface area contributed by atoms with Crippen LogP contribution in [0, 0.1) is 0 Å². The van der Waals surface area contributed by atoms with Crippen LogP contribution in [0.25, 0.3) is 0 Å². The number of carbonyl (C=O) groups is 1. The Morgan fingerprint density at radius 1 is 1.58 bits per heavy atom. The first-order valence-corrected chi connectivity index (χ1v) is 6.96. The second-order valence-electron chi connectivity index (χ2n) is 4.28. The Labute approximate surface area is 114 Å². The van der Waals surface area contributed by atoms with E-state index < -0.39 is 0 Å². The van der Waals surface area contributed by atoms with Crippen molar-refractivity contribution in [3.05, 3.63) is 23.0 Å². The van der Waals surface area contributed by atoms with Crippen LogP contribution >= 0.6 is 11.3 Å². The molecule has 2 aromatic rings. The van der Waals surface area contributed by atoms with Gasteiger partial charge in [0.15, 0.2) is 5.13 Å². The molecule has 3 heterocycles. The van der Waals surface area contributed by atoms with E-state index >= 15 is 0 Å². The molecule has 1 aliphatic heterocycles. The predicted molar refractivity (Wildman–Crippen MR) is 70.8 cm³/mol. The summed E-state index contributed by atoms with van der Waals surface area (Å²) in [5.74, 6) is -0.0467. The summed E-state index contributed by atoms with van der Waals surface area (Å²) >= 11 is 1.55. The van der Waals surface area contributed by atoms with Gasteiger partial charge in [-0.05, 0) is 0 Å². The molecular formula is C11H14N6OS. The van der Waals surface area contributed by atoms with Crippen LogP contribution in [0.4, 0.5) is 5.13 Å².